The number of amides is 1. The minimum absolute atomic E-state index is 0.0674. The first kappa shape index (κ1) is 13.5. The Kier molecular flexibility index (Phi) is 9.49. The zero-order valence-electron chi connectivity index (χ0n) is 8.88. The van der Waals surface area contributed by atoms with Crippen molar-refractivity contribution >= 4 is 5.91 Å². The molecule has 0 aliphatic rings. The topological polar surface area (TPSA) is 64.9 Å². The zero-order chi connectivity index (χ0) is 11.4. The summed E-state index contributed by atoms with van der Waals surface area (Å²) >= 11 is 0. The second-order valence-corrected chi connectivity index (χ2v) is 3.10. The summed E-state index contributed by atoms with van der Waals surface area (Å²) in [5.41, 5.74) is 0. The highest BCUT2D eigenvalue weighted by Gasteiger charge is 1.98. The first-order valence-corrected chi connectivity index (χ1v) is 5.09. The van der Waals surface area contributed by atoms with Crippen LogP contribution in [0.5, 0.6) is 0 Å². The summed E-state index contributed by atoms with van der Waals surface area (Å²) < 4.78 is 0. The standard InChI is InChI=1S/C11H17N3O/c1-2-3-4-5-8-13-10-11(15)14-9-6-7-12/h1,13H,3-6,8-10H2,(H,14,15). The summed E-state index contributed by atoms with van der Waals surface area (Å²) in [5.74, 6) is 2.50. The normalized spacial score (nSPS) is 8.93. The number of hydrogen-bond donors (Lipinski definition) is 2. The molecule has 0 aromatic rings. The largest absolute Gasteiger partial charge is 0.354 e. The number of nitriles is 1. The van der Waals surface area contributed by atoms with Gasteiger partial charge in [-0.2, -0.15) is 5.26 Å². The van der Waals surface area contributed by atoms with Gasteiger partial charge in [-0.1, -0.05) is 0 Å². The molecule has 0 unspecified atom stereocenters. The third-order valence-corrected chi connectivity index (χ3v) is 1.77. The predicted octanol–water partition coefficient (Wildman–Crippen LogP) is 0.409. The van der Waals surface area contributed by atoms with Gasteiger partial charge < -0.3 is 10.6 Å². The van der Waals surface area contributed by atoms with Crippen molar-refractivity contribution in [3.8, 4) is 18.4 Å². The van der Waals surface area contributed by atoms with Gasteiger partial charge in [-0.3, -0.25) is 4.79 Å². The van der Waals surface area contributed by atoms with Crippen LogP contribution in [-0.2, 0) is 4.79 Å². The van der Waals surface area contributed by atoms with Crippen molar-refractivity contribution in [2.75, 3.05) is 19.6 Å². The van der Waals surface area contributed by atoms with E-state index in [4.69, 9.17) is 11.7 Å². The minimum atomic E-state index is -0.0674. The van der Waals surface area contributed by atoms with E-state index in [-0.39, 0.29) is 5.91 Å². The van der Waals surface area contributed by atoms with Crippen molar-refractivity contribution in [2.24, 2.45) is 0 Å². The molecular formula is C11H17N3O. The fraction of sp³-hybridized carbons (Fsp3) is 0.636. The summed E-state index contributed by atoms with van der Waals surface area (Å²) in [5, 5.41) is 13.9. The van der Waals surface area contributed by atoms with Crippen LogP contribution >= 0.6 is 0 Å². The first-order valence-electron chi connectivity index (χ1n) is 5.09. The van der Waals surface area contributed by atoms with Crippen molar-refractivity contribution in [1.29, 1.82) is 5.26 Å². The molecule has 0 aliphatic heterocycles. The highest BCUT2D eigenvalue weighted by atomic mass is 16.1. The Hall–Kier alpha value is -1.52. The molecule has 0 radical (unpaired) electrons. The molecule has 0 atom stereocenters. The van der Waals surface area contributed by atoms with E-state index in [1.54, 1.807) is 0 Å². The van der Waals surface area contributed by atoms with Gasteiger partial charge in [0.2, 0.25) is 5.91 Å². The fourth-order valence-corrected chi connectivity index (χ4v) is 0.999. The number of hydrogen-bond acceptors (Lipinski definition) is 3. The summed E-state index contributed by atoms with van der Waals surface area (Å²) in [7, 11) is 0. The third-order valence-electron chi connectivity index (χ3n) is 1.77. The van der Waals surface area contributed by atoms with Gasteiger partial charge in [-0.25, -0.2) is 0 Å². The summed E-state index contributed by atoms with van der Waals surface area (Å²) in [6, 6.07) is 1.96. The van der Waals surface area contributed by atoms with Crippen LogP contribution in [0.3, 0.4) is 0 Å². The Balaban J connectivity index is 3.18. The monoisotopic (exact) mass is 207 g/mol. The van der Waals surface area contributed by atoms with Gasteiger partial charge in [-0.05, 0) is 19.4 Å². The maximum absolute atomic E-state index is 11.1. The molecule has 0 aromatic carbocycles. The lowest BCUT2D eigenvalue weighted by Gasteiger charge is -2.04. The zero-order valence-corrected chi connectivity index (χ0v) is 8.88. The molecule has 4 heteroatoms. The second-order valence-electron chi connectivity index (χ2n) is 3.10. The first-order chi connectivity index (χ1) is 7.31. The molecule has 0 aliphatic carbocycles. The van der Waals surface area contributed by atoms with E-state index < -0.39 is 0 Å². The number of rotatable bonds is 8. The van der Waals surface area contributed by atoms with Crippen LogP contribution in [0, 0.1) is 23.7 Å². The number of carbonyl (C=O) groups is 1. The molecule has 2 N–H and O–H groups in total. The maximum atomic E-state index is 11.1. The van der Waals surface area contributed by atoms with Gasteiger partial charge in [0.15, 0.2) is 0 Å². The van der Waals surface area contributed by atoms with Crippen molar-refractivity contribution < 1.29 is 4.79 Å². The SMILES string of the molecule is C#CCCCCNCC(=O)NCCC#N. The van der Waals surface area contributed by atoms with Crippen molar-refractivity contribution in [3.05, 3.63) is 0 Å². The molecule has 0 rings (SSSR count). The van der Waals surface area contributed by atoms with Gasteiger partial charge in [0.1, 0.15) is 0 Å². The predicted molar refractivity (Wildman–Crippen MR) is 58.8 cm³/mol. The van der Waals surface area contributed by atoms with Crippen LogP contribution in [0.4, 0.5) is 0 Å². The van der Waals surface area contributed by atoms with Crippen LogP contribution < -0.4 is 10.6 Å². The van der Waals surface area contributed by atoms with Gasteiger partial charge >= 0.3 is 0 Å². The van der Waals surface area contributed by atoms with Gasteiger partial charge in [0.25, 0.3) is 0 Å². The number of unbranched alkanes of at least 4 members (excludes halogenated alkanes) is 2. The van der Waals surface area contributed by atoms with Gasteiger partial charge in [-0.15, -0.1) is 12.3 Å². The molecule has 4 nitrogen and oxygen atoms in total. The Morgan fingerprint density at radius 3 is 2.73 bits per heavy atom. The van der Waals surface area contributed by atoms with E-state index in [1.807, 2.05) is 6.07 Å². The van der Waals surface area contributed by atoms with E-state index in [0.717, 1.165) is 25.8 Å². The van der Waals surface area contributed by atoms with E-state index in [0.29, 0.717) is 19.5 Å². The number of terminal acetylenes is 1. The van der Waals surface area contributed by atoms with Crippen molar-refractivity contribution in [2.45, 2.75) is 25.7 Å². The van der Waals surface area contributed by atoms with Crippen molar-refractivity contribution in [3.63, 3.8) is 0 Å². The van der Waals surface area contributed by atoms with Gasteiger partial charge in [0, 0.05) is 13.0 Å². The molecule has 15 heavy (non-hydrogen) atoms. The van der Waals surface area contributed by atoms with Gasteiger partial charge in [0.05, 0.1) is 19.0 Å². The molecule has 0 spiro atoms. The smallest absolute Gasteiger partial charge is 0.233 e. The summed E-state index contributed by atoms with van der Waals surface area (Å²) in [6.07, 6.45) is 8.21. The van der Waals surface area contributed by atoms with Crippen LogP contribution in [-0.4, -0.2) is 25.5 Å². The lowest BCUT2D eigenvalue weighted by Crippen LogP contribution is -2.34. The Morgan fingerprint density at radius 1 is 1.27 bits per heavy atom. The summed E-state index contributed by atoms with van der Waals surface area (Å²) in [6.45, 7) is 1.53. The highest BCUT2D eigenvalue weighted by Crippen LogP contribution is 1.90. The Labute approximate surface area is 91.0 Å². The highest BCUT2D eigenvalue weighted by molar-refractivity contribution is 5.77. The lowest BCUT2D eigenvalue weighted by atomic mass is 10.2. The summed E-state index contributed by atoms with van der Waals surface area (Å²) in [4.78, 5) is 11.1. The van der Waals surface area contributed by atoms with Crippen LogP contribution in [0.15, 0.2) is 0 Å². The number of nitrogens with zero attached hydrogens (tertiary/aromatic N) is 1. The average molecular weight is 207 g/mol. The lowest BCUT2D eigenvalue weighted by molar-refractivity contribution is -0.120. The van der Waals surface area contributed by atoms with E-state index in [1.165, 1.54) is 0 Å². The Bertz CT molecular complexity index is 250. The molecule has 0 fully saturated rings. The molecule has 0 saturated carbocycles. The molecule has 82 valence electrons. The van der Waals surface area contributed by atoms with E-state index >= 15 is 0 Å². The average Bonchev–Trinajstić information content (AvgIpc) is 2.23. The van der Waals surface area contributed by atoms with E-state index in [2.05, 4.69) is 16.6 Å². The molecular weight excluding hydrogens is 190 g/mol. The molecule has 0 saturated heterocycles. The van der Waals surface area contributed by atoms with Crippen LogP contribution in [0.25, 0.3) is 0 Å². The Morgan fingerprint density at radius 2 is 2.07 bits per heavy atom. The van der Waals surface area contributed by atoms with Crippen LogP contribution in [0.1, 0.15) is 25.7 Å². The quantitative estimate of drug-likeness (QED) is 0.447. The van der Waals surface area contributed by atoms with Crippen LogP contribution in [0.2, 0.25) is 0 Å². The van der Waals surface area contributed by atoms with E-state index in [9.17, 15) is 4.79 Å². The molecule has 1 amide bonds. The van der Waals surface area contributed by atoms with Crippen molar-refractivity contribution in [1.82, 2.24) is 10.6 Å². The molecule has 0 heterocycles. The fourth-order valence-electron chi connectivity index (χ4n) is 0.999. The number of carbonyl (C=O) groups excluding carboxylic acids is 1. The minimum Gasteiger partial charge on any atom is -0.354 e. The second kappa shape index (κ2) is 10.6. The molecule has 0 aromatic heterocycles. The number of nitrogens with one attached hydrogen (secondary N) is 2. The maximum Gasteiger partial charge on any atom is 0.233 e. The third kappa shape index (κ3) is 10.4. The molecule has 0 bridgehead atoms.